The number of hydrogen-bond acceptors (Lipinski definition) is 4. The molecule has 0 unspecified atom stereocenters. The van der Waals surface area contributed by atoms with Crippen molar-refractivity contribution in [3.05, 3.63) is 60.4 Å². The van der Waals surface area contributed by atoms with Crippen molar-refractivity contribution in [1.82, 2.24) is 4.98 Å². The van der Waals surface area contributed by atoms with Gasteiger partial charge in [0.05, 0.1) is 6.42 Å². The summed E-state index contributed by atoms with van der Waals surface area (Å²) >= 11 is 1.57. The molecule has 0 saturated carbocycles. The van der Waals surface area contributed by atoms with Crippen LogP contribution in [0.2, 0.25) is 0 Å². The number of aryl methyl sites for hydroxylation is 1. The molecule has 0 fully saturated rings. The molecule has 0 saturated heterocycles. The molecule has 0 radical (unpaired) electrons. The molecule has 1 aromatic carbocycles. The van der Waals surface area contributed by atoms with Crippen LogP contribution in [0.15, 0.2) is 59.8 Å². The van der Waals surface area contributed by atoms with Gasteiger partial charge < -0.3 is 10.2 Å². The lowest BCUT2D eigenvalue weighted by atomic mass is 10.1. The summed E-state index contributed by atoms with van der Waals surface area (Å²) in [6.45, 7) is 0. The number of nitrogens with zero attached hydrogens (tertiary/aromatic N) is 1. The monoisotopic (exact) mass is 347 g/mol. The summed E-state index contributed by atoms with van der Waals surface area (Å²) in [5.74, 6) is -0.832. The maximum atomic E-state index is 10.2. The Hall–Kier alpha value is -2.34. The fourth-order valence-corrected chi connectivity index (χ4v) is 2.63. The minimum Gasteiger partial charge on any atom is -0.481 e. The molecule has 6 heteroatoms. The molecule has 0 spiro atoms. The Morgan fingerprint density at radius 2 is 1.54 bits per heavy atom. The molecule has 0 atom stereocenters. The molecule has 0 aliphatic heterocycles. The Morgan fingerprint density at radius 1 is 0.917 bits per heavy atom. The first-order valence-corrected chi connectivity index (χ1v) is 8.57. The largest absolute Gasteiger partial charge is 0.481 e. The van der Waals surface area contributed by atoms with Gasteiger partial charge in [-0.15, -0.1) is 11.8 Å². The van der Waals surface area contributed by atoms with Crippen molar-refractivity contribution in [1.29, 1.82) is 0 Å². The predicted molar refractivity (Wildman–Crippen MR) is 94.2 cm³/mol. The zero-order valence-electron chi connectivity index (χ0n) is 13.3. The summed E-state index contributed by atoms with van der Waals surface area (Å²) in [7, 11) is 0. The zero-order valence-corrected chi connectivity index (χ0v) is 14.1. The minimum absolute atomic E-state index is 0.222. The van der Waals surface area contributed by atoms with Gasteiger partial charge in [-0.2, -0.15) is 0 Å². The van der Waals surface area contributed by atoms with E-state index in [-0.39, 0.29) is 12.8 Å². The normalized spacial score (nSPS) is 9.67. The second kappa shape index (κ2) is 12.1. The van der Waals surface area contributed by atoms with Gasteiger partial charge >= 0.3 is 11.9 Å². The lowest BCUT2D eigenvalue weighted by molar-refractivity contribution is -0.137. The highest BCUT2D eigenvalue weighted by Gasteiger charge is 1.97. The first-order valence-electron chi connectivity index (χ1n) is 7.58. The molecule has 5 nitrogen and oxygen atoms in total. The first-order chi connectivity index (χ1) is 11.6. The summed E-state index contributed by atoms with van der Waals surface area (Å²) < 4.78 is 0. The van der Waals surface area contributed by atoms with Gasteiger partial charge in [-0.3, -0.25) is 14.6 Å². The highest BCUT2D eigenvalue weighted by Crippen LogP contribution is 2.17. The van der Waals surface area contributed by atoms with Crippen LogP contribution in [0.5, 0.6) is 0 Å². The van der Waals surface area contributed by atoms with Crippen LogP contribution in [0.1, 0.15) is 24.8 Å². The molecule has 24 heavy (non-hydrogen) atoms. The van der Waals surface area contributed by atoms with Crippen molar-refractivity contribution in [2.75, 3.05) is 5.75 Å². The van der Waals surface area contributed by atoms with E-state index in [9.17, 15) is 9.59 Å². The van der Waals surface area contributed by atoms with Crippen molar-refractivity contribution in [2.45, 2.75) is 30.6 Å². The fourth-order valence-electron chi connectivity index (χ4n) is 1.77. The smallest absolute Gasteiger partial charge is 0.304 e. The van der Waals surface area contributed by atoms with Gasteiger partial charge in [0.2, 0.25) is 0 Å². The summed E-state index contributed by atoms with van der Waals surface area (Å²) in [4.78, 5) is 25.3. The lowest BCUT2D eigenvalue weighted by Crippen LogP contribution is -1.95. The number of carboxylic acid groups (broad SMARTS) is 2. The van der Waals surface area contributed by atoms with E-state index in [1.54, 1.807) is 24.2 Å². The average molecular weight is 347 g/mol. The molecule has 0 bridgehead atoms. The zero-order chi connectivity index (χ0) is 17.6. The van der Waals surface area contributed by atoms with Gasteiger partial charge in [0.1, 0.15) is 0 Å². The SMILES string of the molecule is O=C(O)CCCc1ccncc1.O=C(O)CCSc1ccccc1. The van der Waals surface area contributed by atoms with Crippen molar-refractivity contribution < 1.29 is 19.8 Å². The third-order valence-electron chi connectivity index (χ3n) is 2.93. The molecule has 128 valence electrons. The summed E-state index contributed by atoms with van der Waals surface area (Å²) in [6, 6.07) is 13.6. The second-order valence-corrected chi connectivity index (χ2v) is 6.08. The second-order valence-electron chi connectivity index (χ2n) is 4.91. The average Bonchev–Trinajstić information content (AvgIpc) is 2.57. The number of carbonyl (C=O) groups is 2. The summed E-state index contributed by atoms with van der Waals surface area (Å²) in [6.07, 6.45) is 5.41. The molecule has 2 aromatic rings. The van der Waals surface area contributed by atoms with Crippen LogP contribution in [0.3, 0.4) is 0 Å². The van der Waals surface area contributed by atoms with Crippen LogP contribution in [0.4, 0.5) is 0 Å². The van der Waals surface area contributed by atoms with Gasteiger partial charge in [0, 0.05) is 29.5 Å². The Labute approximate surface area is 145 Å². The molecule has 1 aromatic heterocycles. The van der Waals surface area contributed by atoms with Crippen LogP contribution >= 0.6 is 11.8 Å². The number of hydrogen-bond donors (Lipinski definition) is 2. The number of benzene rings is 1. The number of thioether (sulfide) groups is 1. The number of carboxylic acids is 2. The highest BCUT2D eigenvalue weighted by atomic mass is 32.2. The highest BCUT2D eigenvalue weighted by molar-refractivity contribution is 7.99. The standard InChI is InChI=1S/C9H11NO2.C9H10O2S/c11-9(12)3-1-2-8-4-6-10-7-5-8;10-9(11)6-7-12-8-4-2-1-3-5-8/h4-7H,1-3H2,(H,11,12);1-5H,6-7H2,(H,10,11). The van der Waals surface area contributed by atoms with E-state index < -0.39 is 11.9 Å². The lowest BCUT2D eigenvalue weighted by Gasteiger charge is -1.97. The molecule has 2 N–H and O–H groups in total. The number of rotatable bonds is 8. The third-order valence-corrected chi connectivity index (χ3v) is 3.95. The number of aromatic nitrogens is 1. The van der Waals surface area contributed by atoms with Gasteiger partial charge in [0.25, 0.3) is 0 Å². The van der Waals surface area contributed by atoms with E-state index >= 15 is 0 Å². The topological polar surface area (TPSA) is 87.5 Å². The quantitative estimate of drug-likeness (QED) is 0.707. The molecule has 0 aliphatic carbocycles. The Kier molecular flexibility index (Phi) is 9.96. The van der Waals surface area contributed by atoms with Gasteiger partial charge in [-0.05, 0) is 42.7 Å². The molecular formula is C18H21NO4S. The van der Waals surface area contributed by atoms with Crippen molar-refractivity contribution >= 4 is 23.7 Å². The third kappa shape index (κ3) is 10.4. The van der Waals surface area contributed by atoms with E-state index in [1.165, 1.54) is 0 Å². The maximum Gasteiger partial charge on any atom is 0.304 e. The van der Waals surface area contributed by atoms with Crippen LogP contribution in [-0.2, 0) is 16.0 Å². The van der Waals surface area contributed by atoms with E-state index in [4.69, 9.17) is 10.2 Å². The van der Waals surface area contributed by atoms with E-state index in [1.807, 2.05) is 42.5 Å². The van der Waals surface area contributed by atoms with Crippen LogP contribution < -0.4 is 0 Å². The van der Waals surface area contributed by atoms with Crippen molar-refractivity contribution in [3.63, 3.8) is 0 Å². The van der Waals surface area contributed by atoms with Crippen molar-refractivity contribution in [3.8, 4) is 0 Å². The van der Waals surface area contributed by atoms with Crippen LogP contribution in [0, 0.1) is 0 Å². The Balaban J connectivity index is 0.000000240. The first kappa shape index (κ1) is 19.7. The van der Waals surface area contributed by atoms with E-state index in [0.29, 0.717) is 12.2 Å². The molecule has 0 aliphatic rings. The van der Waals surface area contributed by atoms with Gasteiger partial charge in [0.15, 0.2) is 0 Å². The van der Waals surface area contributed by atoms with E-state index in [0.717, 1.165) is 16.9 Å². The Bertz CT molecular complexity index is 549. The number of pyridine rings is 1. The number of aliphatic carboxylic acids is 2. The molecule has 0 amide bonds. The molecule has 1 heterocycles. The van der Waals surface area contributed by atoms with Crippen LogP contribution in [-0.4, -0.2) is 32.9 Å². The minimum atomic E-state index is -0.738. The van der Waals surface area contributed by atoms with E-state index in [2.05, 4.69) is 4.98 Å². The predicted octanol–water partition coefficient (Wildman–Crippen LogP) is 3.74. The summed E-state index contributed by atoms with van der Waals surface area (Å²) in [5.41, 5.74) is 1.14. The maximum absolute atomic E-state index is 10.2. The van der Waals surface area contributed by atoms with Crippen LogP contribution in [0.25, 0.3) is 0 Å². The molecule has 2 rings (SSSR count). The van der Waals surface area contributed by atoms with Crippen molar-refractivity contribution in [2.24, 2.45) is 0 Å². The summed E-state index contributed by atoms with van der Waals surface area (Å²) in [5, 5.41) is 16.8. The Morgan fingerprint density at radius 3 is 2.12 bits per heavy atom. The fraction of sp³-hybridized carbons (Fsp3) is 0.278. The van der Waals surface area contributed by atoms with Gasteiger partial charge in [-0.25, -0.2) is 0 Å². The molecular weight excluding hydrogens is 326 g/mol. The van der Waals surface area contributed by atoms with Gasteiger partial charge in [-0.1, -0.05) is 18.2 Å².